The average molecular weight is 616 g/mol. The maximum atomic E-state index is 13.5. The lowest BCUT2D eigenvalue weighted by molar-refractivity contribution is -0.137. The van der Waals surface area contributed by atoms with Crippen LogP contribution in [0, 0.1) is 5.92 Å². The van der Waals surface area contributed by atoms with Crippen LogP contribution in [0.5, 0.6) is 5.75 Å². The van der Waals surface area contributed by atoms with Gasteiger partial charge < -0.3 is 29.7 Å². The van der Waals surface area contributed by atoms with E-state index in [1.807, 2.05) is 4.90 Å². The van der Waals surface area contributed by atoms with Gasteiger partial charge in [0, 0.05) is 25.2 Å². The predicted octanol–water partition coefficient (Wildman–Crippen LogP) is 6.07. The number of carbonyl (C=O) groups excluding carboxylic acids is 2. The zero-order valence-corrected chi connectivity index (χ0v) is 25.3. The van der Waals surface area contributed by atoms with Crippen LogP contribution in [0.15, 0.2) is 24.4 Å². The number of hydrogen-bond acceptors (Lipinski definition) is 8. The summed E-state index contributed by atoms with van der Waals surface area (Å²) in [5.74, 6) is 0.780. The molecule has 14 heteroatoms. The maximum Gasteiger partial charge on any atom is 0.417 e. The molecule has 0 spiro atoms. The van der Waals surface area contributed by atoms with E-state index >= 15 is 0 Å². The molecular weight excluding hydrogens is 579 g/mol. The third-order valence-electron chi connectivity index (χ3n) is 5.81. The standard InChI is InChI=1S/C28H37ClF3N5O5/c1-26(2,3)41-24(38)33-10-12-40-21-15-34-22(18-7-8-20(29)19(13-18)28(30,31)32)36-23(21)37-11-9-17(16-37)14-35-25(39)42-27(4,5)6/h7-8,13,15,17H,9-12,14,16H2,1-6H3,(H,33,38)(H,35,39)/t17-/m0/s1. The summed E-state index contributed by atoms with van der Waals surface area (Å²) in [5.41, 5.74) is -2.13. The van der Waals surface area contributed by atoms with Crippen molar-refractivity contribution in [3.8, 4) is 17.1 Å². The van der Waals surface area contributed by atoms with Crippen molar-refractivity contribution in [2.45, 2.75) is 65.3 Å². The van der Waals surface area contributed by atoms with E-state index in [0.717, 1.165) is 12.1 Å². The minimum absolute atomic E-state index is 0.0572. The first-order chi connectivity index (χ1) is 19.4. The number of amides is 2. The molecule has 1 saturated heterocycles. The van der Waals surface area contributed by atoms with Crippen molar-refractivity contribution >= 4 is 29.6 Å². The molecule has 1 aliphatic heterocycles. The predicted molar refractivity (Wildman–Crippen MR) is 152 cm³/mol. The first-order valence-electron chi connectivity index (χ1n) is 13.5. The number of carbonyl (C=O) groups is 2. The summed E-state index contributed by atoms with van der Waals surface area (Å²) in [4.78, 5) is 34.8. The Hall–Kier alpha value is -3.48. The van der Waals surface area contributed by atoms with Crippen LogP contribution in [-0.2, 0) is 15.7 Å². The second-order valence-electron chi connectivity index (χ2n) is 11.8. The summed E-state index contributed by atoms with van der Waals surface area (Å²) in [7, 11) is 0. The Kier molecular flexibility index (Phi) is 10.4. The monoisotopic (exact) mass is 615 g/mol. The zero-order chi connectivity index (χ0) is 31.3. The molecule has 0 unspecified atom stereocenters. The highest BCUT2D eigenvalue weighted by atomic mass is 35.5. The Morgan fingerprint density at radius 1 is 1.05 bits per heavy atom. The molecular formula is C28H37ClF3N5O5. The average Bonchev–Trinajstić information content (AvgIpc) is 3.32. The van der Waals surface area contributed by atoms with Crippen molar-refractivity contribution in [3.63, 3.8) is 0 Å². The molecule has 2 N–H and O–H groups in total. The van der Waals surface area contributed by atoms with Crippen molar-refractivity contribution in [3.05, 3.63) is 35.0 Å². The molecule has 2 heterocycles. The van der Waals surface area contributed by atoms with E-state index in [0.29, 0.717) is 31.9 Å². The topological polar surface area (TPSA) is 115 Å². The van der Waals surface area contributed by atoms with Crippen LogP contribution in [0.4, 0.5) is 28.6 Å². The lowest BCUT2D eigenvalue weighted by atomic mass is 10.1. The van der Waals surface area contributed by atoms with Crippen LogP contribution in [0.2, 0.25) is 5.02 Å². The van der Waals surface area contributed by atoms with Crippen LogP contribution >= 0.6 is 11.6 Å². The van der Waals surface area contributed by atoms with Crippen LogP contribution in [-0.4, -0.2) is 66.1 Å². The summed E-state index contributed by atoms with van der Waals surface area (Å²) in [5, 5.41) is 4.95. The number of hydrogen-bond donors (Lipinski definition) is 2. The number of nitrogens with one attached hydrogen (secondary N) is 2. The van der Waals surface area contributed by atoms with E-state index in [1.165, 1.54) is 12.3 Å². The Morgan fingerprint density at radius 3 is 2.31 bits per heavy atom. The fourth-order valence-electron chi connectivity index (χ4n) is 4.07. The summed E-state index contributed by atoms with van der Waals surface area (Å²) in [6.07, 6.45) is -3.66. The fourth-order valence-corrected chi connectivity index (χ4v) is 4.30. The van der Waals surface area contributed by atoms with E-state index in [9.17, 15) is 22.8 Å². The van der Waals surface area contributed by atoms with E-state index in [4.69, 9.17) is 25.8 Å². The Bertz CT molecular complexity index is 1260. The highest BCUT2D eigenvalue weighted by Gasteiger charge is 2.34. The highest BCUT2D eigenvalue weighted by molar-refractivity contribution is 6.31. The first-order valence-corrected chi connectivity index (χ1v) is 13.8. The minimum Gasteiger partial charge on any atom is -0.486 e. The highest BCUT2D eigenvalue weighted by Crippen LogP contribution is 2.38. The summed E-state index contributed by atoms with van der Waals surface area (Å²) in [6, 6.07) is 3.48. The van der Waals surface area contributed by atoms with Gasteiger partial charge in [-0.15, -0.1) is 0 Å². The van der Waals surface area contributed by atoms with Gasteiger partial charge in [0.1, 0.15) is 17.8 Å². The molecule has 1 fully saturated rings. The van der Waals surface area contributed by atoms with Gasteiger partial charge in [0.2, 0.25) is 0 Å². The molecule has 1 atom stereocenters. The lowest BCUT2D eigenvalue weighted by Gasteiger charge is -2.23. The maximum absolute atomic E-state index is 13.5. The molecule has 42 heavy (non-hydrogen) atoms. The molecule has 0 saturated carbocycles. The van der Waals surface area contributed by atoms with E-state index in [1.54, 1.807) is 41.5 Å². The molecule has 2 amide bonds. The van der Waals surface area contributed by atoms with Gasteiger partial charge in [0.25, 0.3) is 0 Å². The number of alkyl halides is 3. The first kappa shape index (κ1) is 33.0. The van der Waals surface area contributed by atoms with Crippen molar-refractivity contribution < 1.29 is 37.0 Å². The second kappa shape index (κ2) is 13.2. The van der Waals surface area contributed by atoms with Gasteiger partial charge >= 0.3 is 18.4 Å². The van der Waals surface area contributed by atoms with Crippen molar-refractivity contribution in [2.24, 2.45) is 5.92 Å². The summed E-state index contributed by atoms with van der Waals surface area (Å²) >= 11 is 5.79. The molecule has 0 radical (unpaired) electrons. The normalized spacial score (nSPS) is 15.8. The van der Waals surface area contributed by atoms with E-state index in [-0.39, 0.29) is 36.2 Å². The van der Waals surface area contributed by atoms with Gasteiger partial charge in [-0.25, -0.2) is 19.6 Å². The van der Waals surface area contributed by atoms with Gasteiger partial charge in [-0.3, -0.25) is 0 Å². The third kappa shape index (κ3) is 10.1. The van der Waals surface area contributed by atoms with Gasteiger partial charge in [-0.05, 0) is 72.1 Å². The molecule has 1 aromatic heterocycles. The van der Waals surface area contributed by atoms with Gasteiger partial charge in [-0.1, -0.05) is 11.6 Å². The SMILES string of the molecule is CC(C)(C)OC(=O)NCCOc1cnc(-c2ccc(Cl)c(C(F)(F)F)c2)nc1N1CC[C@@H](CNC(=O)OC(C)(C)C)C1. The molecule has 232 valence electrons. The van der Waals surface area contributed by atoms with Crippen molar-refractivity contribution in [1.82, 2.24) is 20.6 Å². The molecule has 2 aromatic rings. The van der Waals surface area contributed by atoms with Crippen LogP contribution in [0.3, 0.4) is 0 Å². The number of alkyl carbamates (subject to hydrolysis) is 2. The van der Waals surface area contributed by atoms with Crippen molar-refractivity contribution in [1.29, 1.82) is 0 Å². The fraction of sp³-hybridized carbons (Fsp3) is 0.571. The Morgan fingerprint density at radius 2 is 1.69 bits per heavy atom. The van der Waals surface area contributed by atoms with E-state index in [2.05, 4.69) is 20.6 Å². The van der Waals surface area contributed by atoms with Crippen LogP contribution < -0.4 is 20.3 Å². The van der Waals surface area contributed by atoms with Gasteiger partial charge in [0.05, 0.1) is 23.3 Å². The number of benzene rings is 1. The molecule has 1 aromatic carbocycles. The molecule has 0 aliphatic carbocycles. The number of nitrogens with zero attached hydrogens (tertiary/aromatic N) is 3. The number of anilines is 1. The summed E-state index contributed by atoms with van der Waals surface area (Å²) < 4.78 is 56.9. The summed E-state index contributed by atoms with van der Waals surface area (Å²) in [6.45, 7) is 12.2. The molecule has 3 rings (SSSR count). The largest absolute Gasteiger partial charge is 0.486 e. The number of rotatable bonds is 8. The van der Waals surface area contributed by atoms with E-state index < -0.39 is 40.2 Å². The Balaban J connectivity index is 1.78. The van der Waals surface area contributed by atoms with Crippen molar-refractivity contribution in [2.75, 3.05) is 37.7 Å². The number of halogens is 4. The Labute approximate surface area is 248 Å². The number of ether oxygens (including phenoxy) is 3. The van der Waals surface area contributed by atoms with Gasteiger partial charge in [-0.2, -0.15) is 13.2 Å². The second-order valence-corrected chi connectivity index (χ2v) is 12.2. The zero-order valence-electron chi connectivity index (χ0n) is 24.5. The smallest absolute Gasteiger partial charge is 0.417 e. The minimum atomic E-state index is -4.65. The van der Waals surface area contributed by atoms with Gasteiger partial charge in [0.15, 0.2) is 17.4 Å². The lowest BCUT2D eigenvalue weighted by Crippen LogP contribution is -2.36. The van der Waals surface area contributed by atoms with Crippen LogP contribution in [0.25, 0.3) is 11.4 Å². The molecule has 0 bridgehead atoms. The number of aromatic nitrogens is 2. The van der Waals surface area contributed by atoms with Crippen LogP contribution in [0.1, 0.15) is 53.5 Å². The molecule has 10 nitrogen and oxygen atoms in total. The quantitative estimate of drug-likeness (QED) is 0.344. The molecule has 1 aliphatic rings. The third-order valence-corrected chi connectivity index (χ3v) is 6.14.